The molecular formula is C25H43F3O2P+. The number of unbranched alkanes of at least 4 members (excludes halogenated alkanes) is 3. The molecule has 1 aromatic carbocycles. The summed E-state index contributed by atoms with van der Waals surface area (Å²) in [6.45, 7) is 10.4. The van der Waals surface area contributed by atoms with E-state index in [2.05, 4.69) is 27.7 Å². The molecule has 0 saturated heterocycles. The van der Waals surface area contributed by atoms with Gasteiger partial charge in [-0.2, -0.15) is 13.2 Å². The van der Waals surface area contributed by atoms with Crippen molar-refractivity contribution in [1.29, 1.82) is 0 Å². The molecular weight excluding hydrogens is 420 g/mol. The Kier molecular flexibility index (Phi) is 20.1. The van der Waals surface area contributed by atoms with E-state index >= 15 is 0 Å². The van der Waals surface area contributed by atoms with Crippen LogP contribution in [0.2, 0.25) is 0 Å². The number of benzene rings is 1. The van der Waals surface area contributed by atoms with Gasteiger partial charge < -0.3 is 0 Å². The van der Waals surface area contributed by atoms with Gasteiger partial charge in [-0.25, -0.2) is 0 Å². The van der Waals surface area contributed by atoms with E-state index in [-0.39, 0.29) is 0 Å². The van der Waals surface area contributed by atoms with Gasteiger partial charge in [0.25, 0.3) is 0 Å². The lowest BCUT2D eigenvalue weighted by Gasteiger charge is -2.26. The molecule has 0 aromatic heterocycles. The van der Waals surface area contributed by atoms with Gasteiger partial charge in [0.15, 0.2) is 0 Å². The van der Waals surface area contributed by atoms with E-state index in [1.54, 1.807) is 18.5 Å². The van der Waals surface area contributed by atoms with Gasteiger partial charge in [-0.1, -0.05) is 76.4 Å². The van der Waals surface area contributed by atoms with Crippen molar-refractivity contribution in [3.8, 4) is 0 Å². The minimum atomic E-state index is -4.87. The summed E-state index contributed by atoms with van der Waals surface area (Å²) in [5, 5.41) is 0. The van der Waals surface area contributed by atoms with Crippen LogP contribution in [0.15, 0.2) is 36.4 Å². The SMILES string of the molecule is CC(=O)CC(=O)C(F)(F)F.CCCC[P+](CC)(CCCC)CCCC.c1ccccc1. The average molecular weight is 464 g/mol. The number of hydrogen-bond acceptors (Lipinski definition) is 2. The van der Waals surface area contributed by atoms with Crippen LogP contribution in [0, 0.1) is 0 Å². The van der Waals surface area contributed by atoms with Gasteiger partial charge in [0.1, 0.15) is 5.78 Å². The molecule has 6 heteroatoms. The Labute approximate surface area is 188 Å². The van der Waals surface area contributed by atoms with E-state index in [9.17, 15) is 22.8 Å². The van der Waals surface area contributed by atoms with Crippen LogP contribution in [0.5, 0.6) is 0 Å². The molecule has 1 rings (SSSR count). The number of halogens is 3. The monoisotopic (exact) mass is 463 g/mol. The lowest BCUT2D eigenvalue weighted by atomic mass is 10.2. The van der Waals surface area contributed by atoms with Gasteiger partial charge in [-0.3, -0.25) is 9.59 Å². The molecule has 1 aromatic rings. The van der Waals surface area contributed by atoms with Gasteiger partial charge in [0, 0.05) is 7.26 Å². The van der Waals surface area contributed by atoms with E-state index in [1.807, 2.05) is 36.4 Å². The Morgan fingerprint density at radius 3 is 1.19 bits per heavy atom. The molecule has 0 aliphatic rings. The van der Waals surface area contributed by atoms with Crippen LogP contribution >= 0.6 is 7.26 Å². The molecule has 0 N–H and O–H groups in total. The summed E-state index contributed by atoms with van der Waals surface area (Å²) < 4.78 is 33.9. The smallest absolute Gasteiger partial charge is 0.300 e. The fourth-order valence-electron chi connectivity index (χ4n) is 3.00. The number of alkyl halides is 3. The third-order valence-corrected chi connectivity index (χ3v) is 10.2. The number of carbonyl (C=O) groups excluding carboxylic acids is 2. The summed E-state index contributed by atoms with van der Waals surface area (Å²) in [6.07, 6.45) is 8.95. The first kappa shape index (κ1) is 32.0. The number of carbonyl (C=O) groups is 2. The van der Waals surface area contributed by atoms with Crippen LogP contribution in [-0.2, 0) is 9.59 Å². The first-order valence-electron chi connectivity index (χ1n) is 11.5. The maximum absolute atomic E-state index is 11.3. The highest BCUT2D eigenvalue weighted by atomic mass is 31.2. The number of Topliss-reactive ketones (excluding diaryl/α,β-unsaturated/α-hetero) is 2. The first-order chi connectivity index (χ1) is 14.6. The fourth-order valence-corrected chi connectivity index (χ4v) is 7.58. The zero-order valence-corrected chi connectivity index (χ0v) is 21.0. The third kappa shape index (κ3) is 19.2. The normalized spacial score (nSPS) is 11.0. The zero-order valence-electron chi connectivity index (χ0n) is 20.1. The Morgan fingerprint density at radius 1 is 0.710 bits per heavy atom. The molecule has 0 heterocycles. The van der Waals surface area contributed by atoms with Gasteiger partial charge in [-0.15, -0.1) is 0 Å². The summed E-state index contributed by atoms with van der Waals surface area (Å²) in [4.78, 5) is 19.9. The van der Waals surface area contributed by atoms with Crippen LogP contribution in [0.4, 0.5) is 13.2 Å². The van der Waals surface area contributed by atoms with Crippen LogP contribution in [-0.4, -0.2) is 42.4 Å². The fraction of sp³-hybridized carbons (Fsp3) is 0.680. The summed E-state index contributed by atoms with van der Waals surface area (Å²) in [6, 6.07) is 12.0. The highest BCUT2D eigenvalue weighted by Gasteiger charge is 2.38. The molecule has 2 nitrogen and oxygen atoms in total. The molecule has 0 spiro atoms. The van der Waals surface area contributed by atoms with Gasteiger partial charge in [-0.05, 0) is 33.1 Å². The molecule has 31 heavy (non-hydrogen) atoms. The van der Waals surface area contributed by atoms with E-state index in [1.165, 1.54) is 44.7 Å². The van der Waals surface area contributed by atoms with Crippen molar-refractivity contribution in [2.24, 2.45) is 0 Å². The van der Waals surface area contributed by atoms with Gasteiger partial charge in [0.2, 0.25) is 5.78 Å². The van der Waals surface area contributed by atoms with Crippen LogP contribution in [0.1, 0.15) is 79.6 Å². The molecule has 0 radical (unpaired) electrons. The maximum Gasteiger partial charge on any atom is 0.450 e. The number of rotatable bonds is 12. The minimum Gasteiger partial charge on any atom is -0.300 e. The number of hydrogen-bond donors (Lipinski definition) is 0. The van der Waals surface area contributed by atoms with Crippen LogP contribution in [0.3, 0.4) is 0 Å². The van der Waals surface area contributed by atoms with Crippen molar-refractivity contribution in [3.63, 3.8) is 0 Å². The molecule has 180 valence electrons. The summed E-state index contributed by atoms with van der Waals surface area (Å²) >= 11 is 0. The number of ketones is 2. The Hall–Kier alpha value is -1.22. The first-order valence-corrected chi connectivity index (χ1v) is 14.1. The molecule has 0 aliphatic heterocycles. The van der Waals surface area contributed by atoms with Crippen molar-refractivity contribution in [3.05, 3.63) is 36.4 Å². The molecule has 0 unspecified atom stereocenters. The predicted octanol–water partition coefficient (Wildman–Crippen LogP) is 8.21. The highest BCUT2D eigenvalue weighted by molar-refractivity contribution is 7.75. The van der Waals surface area contributed by atoms with E-state index < -0.39 is 31.4 Å². The Bertz CT molecular complexity index is 511. The molecule has 0 bridgehead atoms. The molecule has 0 saturated carbocycles. The van der Waals surface area contributed by atoms with Crippen molar-refractivity contribution in [1.82, 2.24) is 0 Å². The molecule has 0 fully saturated rings. The second-order valence-electron chi connectivity index (χ2n) is 7.84. The second-order valence-corrected chi connectivity index (χ2v) is 12.5. The zero-order chi connectivity index (χ0) is 24.2. The van der Waals surface area contributed by atoms with Crippen LogP contribution in [0.25, 0.3) is 0 Å². The lowest BCUT2D eigenvalue weighted by molar-refractivity contribution is -0.171. The van der Waals surface area contributed by atoms with Gasteiger partial charge in [0.05, 0.1) is 31.1 Å². The maximum atomic E-state index is 11.3. The quantitative estimate of drug-likeness (QED) is 0.231. The third-order valence-electron chi connectivity index (χ3n) is 5.02. The van der Waals surface area contributed by atoms with Crippen molar-refractivity contribution in [2.75, 3.05) is 24.6 Å². The molecule has 0 atom stereocenters. The van der Waals surface area contributed by atoms with E-state index in [0.717, 1.165) is 6.92 Å². The predicted molar refractivity (Wildman–Crippen MR) is 130 cm³/mol. The van der Waals surface area contributed by atoms with Crippen LogP contribution < -0.4 is 0 Å². The molecule has 0 aliphatic carbocycles. The van der Waals surface area contributed by atoms with Crippen molar-refractivity contribution < 1.29 is 22.8 Å². The average Bonchev–Trinajstić information content (AvgIpc) is 2.75. The summed E-state index contributed by atoms with van der Waals surface area (Å²) in [7, 11) is -0.527. The Morgan fingerprint density at radius 2 is 1.03 bits per heavy atom. The highest BCUT2D eigenvalue weighted by Crippen LogP contribution is 2.60. The van der Waals surface area contributed by atoms with E-state index in [4.69, 9.17) is 0 Å². The van der Waals surface area contributed by atoms with E-state index in [0.29, 0.717) is 0 Å². The minimum absolute atomic E-state index is 0.527. The second kappa shape index (κ2) is 19.5. The largest absolute Gasteiger partial charge is 0.450 e. The van der Waals surface area contributed by atoms with Crippen molar-refractivity contribution in [2.45, 2.75) is 85.7 Å². The summed E-state index contributed by atoms with van der Waals surface area (Å²) in [5.41, 5.74) is 0. The lowest BCUT2D eigenvalue weighted by Crippen LogP contribution is -2.24. The Balaban J connectivity index is 0. The van der Waals surface area contributed by atoms with Crippen molar-refractivity contribution >= 4 is 18.8 Å². The summed E-state index contributed by atoms with van der Waals surface area (Å²) in [5.74, 6) is -2.76. The molecule has 0 amide bonds. The standard InChI is InChI=1S/C14H32P.C6H6.C5H5F3O2/c1-5-9-12-15(8-4,13-10-6-2)14-11-7-3;1-2-4-6-5-3-1;1-3(9)2-4(10)5(6,7)8/h5-14H2,1-4H3;1-6H;2H2,1H3/q+1;;. The topological polar surface area (TPSA) is 34.1 Å². The van der Waals surface area contributed by atoms with Gasteiger partial charge >= 0.3 is 6.18 Å².